The van der Waals surface area contributed by atoms with Gasteiger partial charge in [0.15, 0.2) is 0 Å². The molecule has 0 aliphatic rings. The quantitative estimate of drug-likeness (QED) is 0.719. The molecule has 4 nitrogen and oxygen atoms in total. The molecule has 21 heavy (non-hydrogen) atoms. The lowest BCUT2D eigenvalue weighted by atomic mass is 10.3. The van der Waals surface area contributed by atoms with E-state index in [1.807, 2.05) is 22.6 Å². The second-order valence-electron chi connectivity index (χ2n) is 4.19. The summed E-state index contributed by atoms with van der Waals surface area (Å²) in [4.78, 5) is 11.7. The van der Waals surface area contributed by atoms with Crippen molar-refractivity contribution < 1.29 is 17.6 Å². The minimum Gasteiger partial charge on any atom is -0.274 e. The zero-order chi connectivity index (χ0) is 15.6. The SMILES string of the molecule is CC(=O)N(c1ccccc1I)S(=O)(=O)c1ccc(F)cc1. The first-order valence-corrected chi connectivity index (χ1v) is 8.42. The smallest absolute Gasteiger partial charge is 0.270 e. The molecule has 0 atom stereocenters. The number of amides is 1. The highest BCUT2D eigenvalue weighted by Crippen LogP contribution is 2.28. The molecule has 0 radical (unpaired) electrons. The van der Waals surface area contributed by atoms with Crippen LogP contribution in [0.1, 0.15) is 6.92 Å². The van der Waals surface area contributed by atoms with Gasteiger partial charge in [-0.05, 0) is 59.0 Å². The molecule has 0 unspecified atom stereocenters. The van der Waals surface area contributed by atoms with Crippen LogP contribution in [0.3, 0.4) is 0 Å². The van der Waals surface area contributed by atoms with Gasteiger partial charge in [-0.25, -0.2) is 17.1 Å². The van der Waals surface area contributed by atoms with Crippen LogP contribution in [0.25, 0.3) is 0 Å². The predicted molar refractivity (Wildman–Crippen MR) is 85.9 cm³/mol. The number of anilines is 1. The Labute approximate surface area is 135 Å². The maximum Gasteiger partial charge on any atom is 0.270 e. The lowest BCUT2D eigenvalue weighted by Crippen LogP contribution is -2.35. The lowest BCUT2D eigenvalue weighted by Gasteiger charge is -2.22. The van der Waals surface area contributed by atoms with E-state index in [9.17, 15) is 17.6 Å². The first-order valence-electron chi connectivity index (χ1n) is 5.90. The van der Waals surface area contributed by atoms with Crippen LogP contribution in [0, 0.1) is 9.39 Å². The minimum atomic E-state index is -4.08. The van der Waals surface area contributed by atoms with Crippen LogP contribution in [0.2, 0.25) is 0 Å². The molecule has 0 aromatic heterocycles. The number of nitrogens with zero attached hydrogens (tertiary/aromatic N) is 1. The number of hydrogen-bond donors (Lipinski definition) is 0. The second-order valence-corrected chi connectivity index (χ2v) is 7.14. The van der Waals surface area contributed by atoms with Crippen LogP contribution < -0.4 is 4.31 Å². The normalized spacial score (nSPS) is 11.2. The molecule has 2 aromatic rings. The number of carbonyl (C=O) groups excluding carboxylic acids is 1. The van der Waals surface area contributed by atoms with E-state index in [-0.39, 0.29) is 10.6 Å². The van der Waals surface area contributed by atoms with Crippen molar-refractivity contribution in [2.75, 3.05) is 4.31 Å². The molecule has 0 bridgehead atoms. The summed E-state index contributed by atoms with van der Waals surface area (Å²) in [6.07, 6.45) is 0. The van der Waals surface area contributed by atoms with Crippen LogP contribution in [0.5, 0.6) is 0 Å². The van der Waals surface area contributed by atoms with Crippen molar-refractivity contribution >= 4 is 44.2 Å². The Morgan fingerprint density at radius 2 is 1.67 bits per heavy atom. The monoisotopic (exact) mass is 419 g/mol. The first-order chi connectivity index (χ1) is 9.84. The number of rotatable bonds is 3. The van der Waals surface area contributed by atoms with Gasteiger partial charge in [-0.15, -0.1) is 0 Å². The Hall–Kier alpha value is -1.48. The van der Waals surface area contributed by atoms with Crippen molar-refractivity contribution in [3.63, 3.8) is 0 Å². The summed E-state index contributed by atoms with van der Waals surface area (Å²) in [6.45, 7) is 1.17. The fourth-order valence-electron chi connectivity index (χ4n) is 1.80. The van der Waals surface area contributed by atoms with Crippen LogP contribution in [0.4, 0.5) is 10.1 Å². The van der Waals surface area contributed by atoms with Crippen molar-refractivity contribution in [3.8, 4) is 0 Å². The molecular formula is C14H11FINO3S. The van der Waals surface area contributed by atoms with Crippen LogP contribution >= 0.6 is 22.6 Å². The van der Waals surface area contributed by atoms with E-state index in [1.54, 1.807) is 24.3 Å². The summed E-state index contributed by atoms with van der Waals surface area (Å²) in [5.41, 5.74) is 0.273. The third kappa shape index (κ3) is 3.24. The molecule has 0 aliphatic heterocycles. The Kier molecular flexibility index (Phi) is 4.62. The van der Waals surface area contributed by atoms with Crippen molar-refractivity contribution in [2.24, 2.45) is 0 Å². The first kappa shape index (κ1) is 15.9. The molecule has 0 saturated heterocycles. The van der Waals surface area contributed by atoms with Gasteiger partial charge in [-0.2, -0.15) is 0 Å². The highest BCUT2D eigenvalue weighted by atomic mass is 127. The van der Waals surface area contributed by atoms with E-state index in [4.69, 9.17) is 0 Å². The molecule has 2 aromatic carbocycles. The third-order valence-electron chi connectivity index (χ3n) is 2.71. The zero-order valence-corrected chi connectivity index (χ0v) is 13.9. The topological polar surface area (TPSA) is 54.5 Å². The molecule has 0 aliphatic carbocycles. The molecule has 110 valence electrons. The Balaban J connectivity index is 2.60. The zero-order valence-electron chi connectivity index (χ0n) is 11.0. The second kappa shape index (κ2) is 6.10. The highest BCUT2D eigenvalue weighted by molar-refractivity contribution is 14.1. The molecule has 2 rings (SSSR count). The molecule has 0 fully saturated rings. The molecule has 7 heteroatoms. The summed E-state index contributed by atoms with van der Waals surface area (Å²) in [5.74, 6) is -1.18. The standard InChI is InChI=1S/C14H11FINO3S/c1-10(18)17(14-5-3-2-4-13(14)16)21(19,20)12-8-6-11(15)7-9-12/h2-9H,1H3. The van der Waals surface area contributed by atoms with Crippen molar-refractivity contribution in [1.29, 1.82) is 0 Å². The Morgan fingerprint density at radius 3 is 2.19 bits per heavy atom. The lowest BCUT2D eigenvalue weighted by molar-refractivity contribution is -0.115. The van der Waals surface area contributed by atoms with Crippen molar-refractivity contribution in [2.45, 2.75) is 11.8 Å². The van der Waals surface area contributed by atoms with Crippen LogP contribution in [-0.2, 0) is 14.8 Å². The van der Waals surface area contributed by atoms with Crippen molar-refractivity contribution in [1.82, 2.24) is 0 Å². The maximum absolute atomic E-state index is 12.9. The average molecular weight is 419 g/mol. The molecule has 0 spiro atoms. The summed E-state index contributed by atoms with van der Waals surface area (Å²) >= 11 is 1.96. The van der Waals surface area contributed by atoms with E-state index in [0.717, 1.165) is 28.6 Å². The summed E-state index contributed by atoms with van der Waals surface area (Å²) < 4.78 is 39.5. The van der Waals surface area contributed by atoms with Gasteiger partial charge in [0.25, 0.3) is 10.0 Å². The number of carbonyl (C=O) groups is 1. The van der Waals surface area contributed by atoms with E-state index in [1.165, 1.54) is 6.92 Å². The van der Waals surface area contributed by atoms with E-state index < -0.39 is 21.7 Å². The van der Waals surface area contributed by atoms with Gasteiger partial charge < -0.3 is 0 Å². The van der Waals surface area contributed by atoms with Gasteiger partial charge in [0.1, 0.15) is 5.82 Å². The molecule has 0 heterocycles. The molecular weight excluding hydrogens is 408 g/mol. The van der Waals surface area contributed by atoms with E-state index >= 15 is 0 Å². The summed E-state index contributed by atoms with van der Waals surface area (Å²) in [6, 6.07) is 11.0. The van der Waals surface area contributed by atoms with Gasteiger partial charge >= 0.3 is 0 Å². The van der Waals surface area contributed by atoms with Crippen LogP contribution in [0.15, 0.2) is 53.4 Å². The Bertz CT molecular complexity index is 775. The number of para-hydroxylation sites is 1. The van der Waals surface area contributed by atoms with Gasteiger partial charge in [-0.1, -0.05) is 12.1 Å². The maximum atomic E-state index is 12.9. The van der Waals surface area contributed by atoms with E-state index in [0.29, 0.717) is 3.57 Å². The van der Waals surface area contributed by atoms with Gasteiger partial charge in [0, 0.05) is 10.5 Å². The number of hydrogen-bond acceptors (Lipinski definition) is 3. The molecule has 1 amide bonds. The fraction of sp³-hybridized carbons (Fsp3) is 0.0714. The number of sulfonamides is 1. The van der Waals surface area contributed by atoms with Gasteiger partial charge in [0.2, 0.25) is 5.91 Å². The van der Waals surface area contributed by atoms with Crippen LogP contribution in [-0.4, -0.2) is 14.3 Å². The summed E-state index contributed by atoms with van der Waals surface area (Å²) in [5, 5.41) is 0. The Morgan fingerprint density at radius 1 is 1.10 bits per heavy atom. The molecule has 0 N–H and O–H groups in total. The molecule has 0 saturated carbocycles. The minimum absolute atomic E-state index is 0.140. The number of halogens is 2. The summed E-state index contributed by atoms with van der Waals surface area (Å²) in [7, 11) is -4.08. The van der Waals surface area contributed by atoms with Crippen molar-refractivity contribution in [3.05, 3.63) is 57.9 Å². The third-order valence-corrected chi connectivity index (χ3v) is 5.42. The van der Waals surface area contributed by atoms with E-state index in [2.05, 4.69) is 0 Å². The fourth-order valence-corrected chi connectivity index (χ4v) is 4.04. The highest BCUT2D eigenvalue weighted by Gasteiger charge is 2.29. The average Bonchev–Trinajstić information content (AvgIpc) is 2.41. The van der Waals surface area contributed by atoms with Gasteiger partial charge in [-0.3, -0.25) is 4.79 Å². The number of benzene rings is 2. The predicted octanol–water partition coefficient (Wildman–Crippen LogP) is 3.17. The largest absolute Gasteiger partial charge is 0.274 e. The van der Waals surface area contributed by atoms with Gasteiger partial charge in [0.05, 0.1) is 10.6 Å².